The van der Waals surface area contributed by atoms with E-state index in [1.54, 1.807) is 19.1 Å². The molecule has 0 aliphatic heterocycles. The van der Waals surface area contributed by atoms with E-state index in [-0.39, 0.29) is 36.9 Å². The minimum Gasteiger partial charge on any atom is -0.380 e. The van der Waals surface area contributed by atoms with Crippen LogP contribution < -0.4 is 5.73 Å². The molecule has 0 aliphatic rings. The van der Waals surface area contributed by atoms with Gasteiger partial charge in [0.25, 0.3) is 0 Å². The zero-order valence-electron chi connectivity index (χ0n) is 12.0. The number of ether oxygens (including phenoxy) is 1. The van der Waals surface area contributed by atoms with Gasteiger partial charge in [-0.1, -0.05) is 29.8 Å². The molecular weight excluding hydrogens is 299 g/mol. The van der Waals surface area contributed by atoms with E-state index in [2.05, 4.69) is 0 Å². The van der Waals surface area contributed by atoms with Crippen molar-refractivity contribution in [2.75, 3.05) is 20.7 Å². The van der Waals surface area contributed by atoms with Crippen LogP contribution in [0.3, 0.4) is 0 Å². The van der Waals surface area contributed by atoms with Crippen molar-refractivity contribution in [1.29, 1.82) is 0 Å². The van der Waals surface area contributed by atoms with Gasteiger partial charge in [-0.05, 0) is 18.6 Å². The highest BCUT2D eigenvalue weighted by atomic mass is 35.5. The molecule has 6 heteroatoms. The molecule has 0 spiro atoms. The van der Waals surface area contributed by atoms with Crippen LogP contribution in [-0.2, 0) is 9.53 Å². The Hall–Kier alpha value is -0.810. The molecule has 1 amide bonds. The summed E-state index contributed by atoms with van der Waals surface area (Å²) >= 11 is 6.15. The number of nitrogens with two attached hydrogens (primary N) is 1. The van der Waals surface area contributed by atoms with Gasteiger partial charge in [-0.3, -0.25) is 4.79 Å². The molecule has 1 aromatic carbocycles. The Labute approximate surface area is 131 Å². The molecule has 2 atom stereocenters. The van der Waals surface area contributed by atoms with E-state index in [4.69, 9.17) is 22.1 Å². The van der Waals surface area contributed by atoms with Crippen LogP contribution in [0.2, 0.25) is 5.02 Å². The average Bonchev–Trinajstić information content (AvgIpc) is 2.43. The Bertz CT molecular complexity index is 425. The van der Waals surface area contributed by atoms with E-state index >= 15 is 0 Å². The molecule has 20 heavy (non-hydrogen) atoms. The van der Waals surface area contributed by atoms with Crippen LogP contribution in [0.15, 0.2) is 24.3 Å². The maximum atomic E-state index is 12.1. The molecule has 0 saturated carbocycles. The highest BCUT2D eigenvalue weighted by Gasteiger charge is 2.21. The molecule has 0 saturated heterocycles. The van der Waals surface area contributed by atoms with Gasteiger partial charge in [0.05, 0.1) is 18.6 Å². The third kappa shape index (κ3) is 4.94. The molecule has 0 bridgehead atoms. The summed E-state index contributed by atoms with van der Waals surface area (Å²) in [6, 6.07) is 7.44. The topological polar surface area (TPSA) is 55.6 Å². The van der Waals surface area contributed by atoms with Crippen LogP contribution in [0.5, 0.6) is 0 Å². The van der Waals surface area contributed by atoms with E-state index in [0.29, 0.717) is 11.6 Å². The largest absolute Gasteiger partial charge is 0.380 e. The quantitative estimate of drug-likeness (QED) is 0.876. The van der Waals surface area contributed by atoms with Gasteiger partial charge in [-0.2, -0.15) is 0 Å². The first-order valence-electron chi connectivity index (χ1n) is 6.24. The highest BCUT2D eigenvalue weighted by Crippen LogP contribution is 2.26. The summed E-state index contributed by atoms with van der Waals surface area (Å²) < 4.78 is 5.13. The fraction of sp³-hybridized carbons (Fsp3) is 0.500. The van der Waals surface area contributed by atoms with Gasteiger partial charge >= 0.3 is 0 Å². The van der Waals surface area contributed by atoms with Crippen molar-refractivity contribution in [3.63, 3.8) is 0 Å². The van der Waals surface area contributed by atoms with Gasteiger partial charge < -0.3 is 15.4 Å². The minimum atomic E-state index is -0.242. The summed E-state index contributed by atoms with van der Waals surface area (Å²) in [5, 5.41) is 0.664. The standard InChI is InChI=1S/C14H21ClN2O2.ClH/c1-10(12-6-4-5-7-13(12)15)17(2)14(18)8-11(9-16)19-3;/h4-7,10-11H,8-9,16H2,1-3H3;1H. The number of hydrogen-bond acceptors (Lipinski definition) is 3. The van der Waals surface area contributed by atoms with E-state index < -0.39 is 0 Å². The Balaban J connectivity index is 0.00000361. The maximum Gasteiger partial charge on any atom is 0.225 e. The summed E-state index contributed by atoms with van der Waals surface area (Å²) in [4.78, 5) is 13.8. The van der Waals surface area contributed by atoms with Gasteiger partial charge in [0.15, 0.2) is 0 Å². The number of benzene rings is 1. The Morgan fingerprint density at radius 3 is 2.55 bits per heavy atom. The molecule has 0 aromatic heterocycles. The number of rotatable bonds is 6. The molecule has 4 nitrogen and oxygen atoms in total. The first kappa shape index (κ1) is 19.2. The number of halogens is 2. The first-order valence-corrected chi connectivity index (χ1v) is 6.62. The molecule has 114 valence electrons. The summed E-state index contributed by atoms with van der Waals surface area (Å²) in [5.74, 6) is -0.00952. The molecule has 0 heterocycles. The third-order valence-corrected chi connectivity index (χ3v) is 3.67. The number of methoxy groups -OCH3 is 1. The van der Waals surface area contributed by atoms with E-state index in [1.165, 1.54) is 0 Å². The highest BCUT2D eigenvalue weighted by molar-refractivity contribution is 6.31. The Morgan fingerprint density at radius 1 is 1.45 bits per heavy atom. The summed E-state index contributed by atoms with van der Waals surface area (Å²) in [7, 11) is 3.32. The number of carbonyl (C=O) groups is 1. The van der Waals surface area contributed by atoms with Crippen molar-refractivity contribution < 1.29 is 9.53 Å². The van der Waals surface area contributed by atoms with Gasteiger partial charge in [0.1, 0.15) is 0 Å². The second kappa shape index (κ2) is 9.19. The van der Waals surface area contributed by atoms with Gasteiger partial charge in [-0.25, -0.2) is 0 Å². The molecule has 2 N–H and O–H groups in total. The monoisotopic (exact) mass is 320 g/mol. The smallest absolute Gasteiger partial charge is 0.225 e. The molecule has 1 rings (SSSR count). The lowest BCUT2D eigenvalue weighted by Gasteiger charge is -2.27. The molecular formula is C14H22Cl2N2O2. The van der Waals surface area contributed by atoms with Gasteiger partial charge in [0, 0.05) is 25.7 Å². The second-order valence-corrected chi connectivity index (χ2v) is 4.91. The van der Waals surface area contributed by atoms with Crippen LogP contribution in [-0.4, -0.2) is 37.6 Å². The summed E-state index contributed by atoms with van der Waals surface area (Å²) in [6.45, 7) is 2.28. The Morgan fingerprint density at radius 2 is 2.05 bits per heavy atom. The van der Waals surface area contributed by atoms with E-state index in [1.807, 2.05) is 31.2 Å². The van der Waals surface area contributed by atoms with E-state index in [0.717, 1.165) is 5.56 Å². The maximum absolute atomic E-state index is 12.1. The lowest BCUT2D eigenvalue weighted by molar-refractivity contribution is -0.134. The fourth-order valence-corrected chi connectivity index (χ4v) is 2.13. The summed E-state index contributed by atoms with van der Waals surface area (Å²) in [6.07, 6.45) is 0.0339. The van der Waals surface area contributed by atoms with Gasteiger partial charge in [0.2, 0.25) is 5.91 Å². The van der Waals surface area contributed by atoms with Crippen molar-refractivity contribution in [3.8, 4) is 0 Å². The lowest BCUT2D eigenvalue weighted by Crippen LogP contribution is -2.35. The third-order valence-electron chi connectivity index (χ3n) is 3.33. The minimum absolute atomic E-state index is 0. The number of nitrogens with zero attached hydrogens (tertiary/aromatic N) is 1. The van der Waals surface area contributed by atoms with Crippen molar-refractivity contribution in [2.24, 2.45) is 5.73 Å². The fourth-order valence-electron chi connectivity index (χ4n) is 1.84. The van der Waals surface area contributed by atoms with Crippen LogP contribution in [0.4, 0.5) is 0 Å². The zero-order chi connectivity index (χ0) is 14.4. The molecule has 1 aromatic rings. The van der Waals surface area contributed by atoms with Crippen LogP contribution in [0.1, 0.15) is 24.9 Å². The molecule has 0 radical (unpaired) electrons. The van der Waals surface area contributed by atoms with Crippen LogP contribution in [0, 0.1) is 0 Å². The van der Waals surface area contributed by atoms with Crippen molar-refractivity contribution in [3.05, 3.63) is 34.9 Å². The van der Waals surface area contributed by atoms with Crippen molar-refractivity contribution in [2.45, 2.75) is 25.5 Å². The summed E-state index contributed by atoms with van der Waals surface area (Å²) in [5.41, 5.74) is 6.46. The number of carbonyl (C=O) groups excluding carboxylic acids is 1. The van der Waals surface area contributed by atoms with Crippen LogP contribution in [0.25, 0.3) is 0 Å². The molecule has 2 unspecified atom stereocenters. The lowest BCUT2D eigenvalue weighted by atomic mass is 10.1. The van der Waals surface area contributed by atoms with Crippen molar-refractivity contribution in [1.82, 2.24) is 4.90 Å². The number of amides is 1. The molecule has 0 fully saturated rings. The van der Waals surface area contributed by atoms with Crippen LogP contribution >= 0.6 is 24.0 Å². The Kier molecular flexibility index (Phi) is 8.81. The SMILES string of the molecule is COC(CN)CC(=O)N(C)C(C)c1ccccc1Cl.Cl. The average molecular weight is 321 g/mol. The van der Waals surface area contributed by atoms with Crippen molar-refractivity contribution >= 4 is 29.9 Å². The predicted molar refractivity (Wildman–Crippen MR) is 84.4 cm³/mol. The number of hydrogen-bond donors (Lipinski definition) is 1. The first-order chi connectivity index (χ1) is 9.01. The normalized spacial score (nSPS) is 13.2. The molecule has 0 aliphatic carbocycles. The second-order valence-electron chi connectivity index (χ2n) is 4.50. The predicted octanol–water partition coefficient (Wildman–Crippen LogP) is 2.65. The van der Waals surface area contributed by atoms with E-state index in [9.17, 15) is 4.79 Å². The van der Waals surface area contributed by atoms with Gasteiger partial charge in [-0.15, -0.1) is 12.4 Å². The zero-order valence-corrected chi connectivity index (χ0v) is 13.6.